The minimum atomic E-state index is -0.453. The summed E-state index contributed by atoms with van der Waals surface area (Å²) in [6.45, 7) is 10.9. The van der Waals surface area contributed by atoms with Gasteiger partial charge in [-0.25, -0.2) is 9.59 Å². The number of methoxy groups -OCH3 is 1. The maximum absolute atomic E-state index is 12.7. The molecule has 0 unspecified atom stereocenters. The minimum absolute atomic E-state index is 0.117. The largest absolute Gasteiger partial charge is 0.465 e. The Morgan fingerprint density at radius 1 is 1.24 bits per heavy atom. The number of nitrogens with one attached hydrogen (secondary N) is 1. The van der Waals surface area contributed by atoms with E-state index in [9.17, 15) is 9.59 Å². The number of rotatable bonds is 9. The molecule has 0 saturated carbocycles. The fourth-order valence-corrected chi connectivity index (χ4v) is 3.38. The highest BCUT2D eigenvalue weighted by Crippen LogP contribution is 2.21. The number of carbonyl (C=O) groups excluding carboxylic acids is 1. The standard InChI is InChI=1S/C22H29N5O4.C2H6/c1-5-6-9-31-21-25-18(23)17-19(26-21)27(22(29)24-17)12-15-8-7-14(10-13(2)3)11-16(15)20(28)30-4;1-2/h7-8,11,13H,5-6,9-10,12H2,1-4H3,(H,24,29)(H2,23,25,26);1-2H3. The number of H-pyrrole nitrogens is 1. The number of nitrogens with two attached hydrogens (primary N) is 1. The third-order valence-corrected chi connectivity index (χ3v) is 4.91. The van der Waals surface area contributed by atoms with Crippen LogP contribution in [0.1, 0.15) is 68.9 Å². The van der Waals surface area contributed by atoms with E-state index < -0.39 is 11.7 Å². The van der Waals surface area contributed by atoms with Crippen LogP contribution in [-0.2, 0) is 17.7 Å². The Labute approximate surface area is 194 Å². The number of hydrogen-bond acceptors (Lipinski definition) is 7. The highest BCUT2D eigenvalue weighted by atomic mass is 16.5. The summed E-state index contributed by atoms with van der Waals surface area (Å²) in [7, 11) is 1.34. The summed E-state index contributed by atoms with van der Waals surface area (Å²) in [4.78, 5) is 36.3. The number of imidazole rings is 1. The Kier molecular flexibility index (Phi) is 9.44. The molecule has 0 aliphatic carbocycles. The summed E-state index contributed by atoms with van der Waals surface area (Å²) in [6.07, 6.45) is 2.65. The first kappa shape index (κ1) is 25.9. The number of anilines is 1. The number of nitrogen functional groups attached to an aromatic ring is 1. The molecule has 0 spiro atoms. The second kappa shape index (κ2) is 12.0. The number of hydrogen-bond donors (Lipinski definition) is 2. The summed E-state index contributed by atoms with van der Waals surface area (Å²) in [5.74, 6) is 0.123. The zero-order chi connectivity index (χ0) is 24.5. The number of esters is 1. The Morgan fingerprint density at radius 3 is 2.61 bits per heavy atom. The first-order chi connectivity index (χ1) is 15.8. The molecular weight excluding hydrogens is 422 g/mol. The van der Waals surface area contributed by atoms with Gasteiger partial charge in [0.1, 0.15) is 5.52 Å². The molecule has 0 saturated heterocycles. The fraction of sp³-hybridized carbons (Fsp3) is 0.500. The van der Waals surface area contributed by atoms with Crippen molar-refractivity contribution in [3.05, 3.63) is 45.4 Å². The topological polar surface area (TPSA) is 125 Å². The van der Waals surface area contributed by atoms with E-state index in [2.05, 4.69) is 35.7 Å². The molecule has 0 aliphatic heterocycles. The highest BCUT2D eigenvalue weighted by molar-refractivity contribution is 5.91. The Bertz CT molecular complexity index is 1130. The number of ether oxygens (including phenoxy) is 2. The summed E-state index contributed by atoms with van der Waals surface area (Å²) in [6, 6.07) is 5.75. The van der Waals surface area contributed by atoms with Gasteiger partial charge in [0.2, 0.25) is 0 Å². The second-order valence-corrected chi connectivity index (χ2v) is 7.89. The van der Waals surface area contributed by atoms with Crippen LogP contribution in [0.2, 0.25) is 0 Å². The average Bonchev–Trinajstić information content (AvgIpc) is 3.11. The van der Waals surface area contributed by atoms with Crippen molar-refractivity contribution in [2.45, 2.75) is 60.4 Å². The predicted molar refractivity (Wildman–Crippen MR) is 130 cm³/mol. The molecular formula is C24H35N5O4. The monoisotopic (exact) mass is 457 g/mol. The van der Waals surface area contributed by atoms with Gasteiger partial charge in [-0.2, -0.15) is 9.97 Å². The van der Waals surface area contributed by atoms with Gasteiger partial charge in [-0.3, -0.25) is 4.57 Å². The van der Waals surface area contributed by atoms with Crippen LogP contribution in [0.5, 0.6) is 6.01 Å². The molecule has 2 heterocycles. The molecule has 0 radical (unpaired) electrons. The van der Waals surface area contributed by atoms with Gasteiger partial charge < -0.3 is 20.2 Å². The molecule has 33 heavy (non-hydrogen) atoms. The van der Waals surface area contributed by atoms with Crippen LogP contribution in [0.15, 0.2) is 23.0 Å². The Hall–Kier alpha value is -3.36. The van der Waals surface area contributed by atoms with Gasteiger partial charge in [0.25, 0.3) is 0 Å². The molecule has 3 aromatic rings. The molecule has 0 aliphatic rings. The van der Waals surface area contributed by atoms with E-state index in [4.69, 9.17) is 15.2 Å². The molecule has 0 atom stereocenters. The van der Waals surface area contributed by atoms with Crippen molar-refractivity contribution >= 4 is 23.0 Å². The lowest BCUT2D eigenvalue weighted by Gasteiger charge is -2.12. The molecule has 3 N–H and O–H groups in total. The lowest BCUT2D eigenvalue weighted by atomic mass is 9.97. The fourth-order valence-electron chi connectivity index (χ4n) is 3.38. The zero-order valence-electron chi connectivity index (χ0n) is 20.4. The third-order valence-electron chi connectivity index (χ3n) is 4.91. The number of carbonyl (C=O) groups is 1. The Morgan fingerprint density at radius 2 is 1.97 bits per heavy atom. The Balaban J connectivity index is 0.00000187. The van der Waals surface area contributed by atoms with Gasteiger partial charge >= 0.3 is 17.7 Å². The lowest BCUT2D eigenvalue weighted by molar-refractivity contribution is 0.0599. The summed E-state index contributed by atoms with van der Waals surface area (Å²) in [5, 5.41) is 0. The number of aromatic amines is 1. The van der Waals surface area contributed by atoms with Crippen LogP contribution < -0.4 is 16.2 Å². The molecule has 0 bridgehead atoms. The minimum Gasteiger partial charge on any atom is -0.465 e. The molecule has 3 rings (SSSR count). The van der Waals surface area contributed by atoms with E-state index in [0.717, 1.165) is 24.8 Å². The third kappa shape index (κ3) is 6.34. The molecule has 180 valence electrons. The molecule has 0 fully saturated rings. The van der Waals surface area contributed by atoms with Crippen LogP contribution in [-0.4, -0.2) is 39.2 Å². The number of aromatic nitrogens is 4. The summed E-state index contributed by atoms with van der Waals surface area (Å²) >= 11 is 0. The molecule has 0 amide bonds. The van der Waals surface area contributed by atoms with Gasteiger partial charge in [0.15, 0.2) is 11.5 Å². The number of nitrogens with zero attached hydrogens (tertiary/aromatic N) is 3. The van der Waals surface area contributed by atoms with Crippen LogP contribution in [0, 0.1) is 5.92 Å². The maximum Gasteiger partial charge on any atom is 0.338 e. The molecule has 9 heteroatoms. The van der Waals surface area contributed by atoms with E-state index in [1.54, 1.807) is 0 Å². The van der Waals surface area contributed by atoms with Crippen LogP contribution >= 0.6 is 0 Å². The molecule has 2 aromatic heterocycles. The first-order valence-corrected chi connectivity index (χ1v) is 11.4. The predicted octanol–water partition coefficient (Wildman–Crippen LogP) is 3.94. The van der Waals surface area contributed by atoms with Crippen molar-refractivity contribution in [1.82, 2.24) is 19.5 Å². The number of fused-ring (bicyclic) bond motifs is 1. The average molecular weight is 458 g/mol. The van der Waals surface area contributed by atoms with Gasteiger partial charge in [0.05, 0.1) is 25.8 Å². The summed E-state index contributed by atoms with van der Waals surface area (Å²) < 4.78 is 12.0. The van der Waals surface area contributed by atoms with Gasteiger partial charge in [-0.05, 0) is 36.0 Å². The van der Waals surface area contributed by atoms with E-state index in [1.165, 1.54) is 11.7 Å². The van der Waals surface area contributed by atoms with Gasteiger partial charge in [-0.1, -0.05) is 53.2 Å². The van der Waals surface area contributed by atoms with Crippen LogP contribution in [0.3, 0.4) is 0 Å². The van der Waals surface area contributed by atoms with Gasteiger partial charge in [0, 0.05) is 0 Å². The maximum atomic E-state index is 12.7. The van der Waals surface area contributed by atoms with E-state index in [-0.39, 0.29) is 18.4 Å². The highest BCUT2D eigenvalue weighted by Gasteiger charge is 2.19. The first-order valence-electron chi connectivity index (χ1n) is 11.4. The lowest BCUT2D eigenvalue weighted by Crippen LogP contribution is -2.20. The number of benzene rings is 1. The second-order valence-electron chi connectivity index (χ2n) is 7.89. The SMILES string of the molecule is CC.CCCCOc1nc(N)c2[nH]c(=O)n(Cc3ccc(CC(C)C)cc3C(=O)OC)c2n1. The molecule has 9 nitrogen and oxygen atoms in total. The normalized spacial score (nSPS) is 10.8. The van der Waals surface area contributed by atoms with Crippen molar-refractivity contribution in [3.8, 4) is 6.01 Å². The van der Waals surface area contributed by atoms with E-state index in [1.807, 2.05) is 32.0 Å². The quantitative estimate of drug-likeness (QED) is 0.368. The van der Waals surface area contributed by atoms with Crippen molar-refractivity contribution in [3.63, 3.8) is 0 Å². The van der Waals surface area contributed by atoms with Crippen molar-refractivity contribution in [2.24, 2.45) is 5.92 Å². The van der Waals surface area contributed by atoms with E-state index in [0.29, 0.717) is 34.8 Å². The van der Waals surface area contributed by atoms with E-state index >= 15 is 0 Å². The van der Waals surface area contributed by atoms with Gasteiger partial charge in [-0.15, -0.1) is 0 Å². The van der Waals surface area contributed by atoms with Crippen molar-refractivity contribution in [1.29, 1.82) is 0 Å². The van der Waals surface area contributed by atoms with Crippen molar-refractivity contribution < 1.29 is 14.3 Å². The smallest absolute Gasteiger partial charge is 0.338 e. The van der Waals surface area contributed by atoms with Crippen LogP contribution in [0.4, 0.5) is 5.82 Å². The van der Waals surface area contributed by atoms with Crippen molar-refractivity contribution in [2.75, 3.05) is 19.5 Å². The number of unbranched alkanes of at least 4 members (excludes halogenated alkanes) is 1. The van der Waals surface area contributed by atoms with Crippen LogP contribution in [0.25, 0.3) is 11.2 Å². The summed E-state index contributed by atoms with van der Waals surface area (Å²) in [5.41, 5.74) is 8.37. The zero-order valence-corrected chi connectivity index (χ0v) is 20.4. The molecule has 1 aromatic carbocycles.